The number of nitrogens with one attached hydrogen (secondary N) is 1. The van der Waals surface area contributed by atoms with Gasteiger partial charge in [-0.15, -0.1) is 0 Å². The van der Waals surface area contributed by atoms with Gasteiger partial charge in [0.15, 0.2) is 0 Å². The molecule has 0 spiro atoms. The zero-order valence-corrected chi connectivity index (χ0v) is 20.4. The Morgan fingerprint density at radius 1 is 1.00 bits per heavy atom. The Morgan fingerprint density at radius 2 is 1.66 bits per heavy atom. The van der Waals surface area contributed by atoms with Gasteiger partial charge in [0.1, 0.15) is 13.2 Å². The van der Waals surface area contributed by atoms with Crippen LogP contribution in [-0.4, -0.2) is 38.4 Å². The van der Waals surface area contributed by atoms with Crippen molar-refractivity contribution in [3.05, 3.63) is 35.9 Å². The summed E-state index contributed by atoms with van der Waals surface area (Å²) in [6.45, 7) is 7.71. The Bertz CT molecular complexity index is 634. The molecule has 3 N–H and O–H groups in total. The molecule has 6 nitrogen and oxygen atoms in total. The number of hydrogen-bond acceptors (Lipinski definition) is 5. The molecule has 1 aromatic rings. The Kier molecular flexibility index (Phi) is 14.4. The summed E-state index contributed by atoms with van der Waals surface area (Å²) in [5.41, 5.74) is 5.68. The third kappa shape index (κ3) is 13.4. The lowest BCUT2D eigenvalue weighted by molar-refractivity contribution is -0.155. The topological polar surface area (TPSA) is 90.7 Å². The fourth-order valence-corrected chi connectivity index (χ4v) is 3.72. The molecular formula is C26H44N2O4. The molecule has 0 bridgehead atoms. The second-order valence-electron chi connectivity index (χ2n) is 9.25. The number of rotatable bonds is 18. The third-order valence-electron chi connectivity index (χ3n) is 5.81. The molecule has 0 aliphatic rings. The van der Waals surface area contributed by atoms with E-state index in [-0.39, 0.29) is 19.2 Å². The van der Waals surface area contributed by atoms with Crippen molar-refractivity contribution >= 4 is 12.1 Å². The van der Waals surface area contributed by atoms with Crippen LogP contribution in [0.4, 0.5) is 4.79 Å². The first-order valence-electron chi connectivity index (χ1n) is 12.2. The van der Waals surface area contributed by atoms with E-state index in [0.717, 1.165) is 19.5 Å². The number of hydrogen-bond donors (Lipinski definition) is 2. The number of primary amides is 1. The smallest absolute Gasteiger partial charge is 0.404 e. The van der Waals surface area contributed by atoms with Crippen LogP contribution in [0.3, 0.4) is 0 Å². The van der Waals surface area contributed by atoms with Crippen molar-refractivity contribution in [2.75, 3.05) is 26.3 Å². The highest BCUT2D eigenvalue weighted by molar-refractivity contribution is 5.75. The summed E-state index contributed by atoms with van der Waals surface area (Å²) in [6, 6.07) is 10.7. The minimum absolute atomic E-state index is 0.0188. The van der Waals surface area contributed by atoms with Gasteiger partial charge in [-0.1, -0.05) is 75.8 Å². The maximum Gasteiger partial charge on any atom is 0.404 e. The van der Waals surface area contributed by atoms with Crippen LogP contribution in [0.25, 0.3) is 0 Å². The fraction of sp³-hybridized carbons (Fsp3) is 0.692. The maximum absolute atomic E-state index is 12.3. The first kappa shape index (κ1) is 28.0. The van der Waals surface area contributed by atoms with Gasteiger partial charge in [0.05, 0.1) is 5.41 Å². The molecule has 0 fully saturated rings. The lowest BCUT2D eigenvalue weighted by Crippen LogP contribution is -2.33. The zero-order valence-electron chi connectivity index (χ0n) is 20.4. The second kappa shape index (κ2) is 16.5. The van der Waals surface area contributed by atoms with Gasteiger partial charge in [0.25, 0.3) is 0 Å². The van der Waals surface area contributed by atoms with Gasteiger partial charge in [-0.2, -0.15) is 0 Å². The average molecular weight is 449 g/mol. The second-order valence-corrected chi connectivity index (χ2v) is 9.25. The number of benzene rings is 1. The summed E-state index contributed by atoms with van der Waals surface area (Å²) in [4.78, 5) is 22.9. The minimum Gasteiger partial charge on any atom is -0.462 e. The van der Waals surface area contributed by atoms with Crippen molar-refractivity contribution in [2.45, 2.75) is 78.6 Å². The molecule has 0 aromatic heterocycles. The fourth-order valence-electron chi connectivity index (χ4n) is 3.72. The van der Waals surface area contributed by atoms with Crippen molar-refractivity contribution in [3.8, 4) is 0 Å². The molecule has 1 rings (SSSR count). The van der Waals surface area contributed by atoms with Gasteiger partial charge in [-0.3, -0.25) is 4.79 Å². The third-order valence-corrected chi connectivity index (χ3v) is 5.81. The highest BCUT2D eigenvalue weighted by atomic mass is 16.6. The van der Waals surface area contributed by atoms with E-state index < -0.39 is 11.5 Å². The van der Waals surface area contributed by atoms with Crippen LogP contribution in [0, 0.1) is 11.3 Å². The molecule has 1 atom stereocenters. The van der Waals surface area contributed by atoms with E-state index in [1.807, 2.05) is 13.8 Å². The SMILES string of the molecule is CCCCCCCCC(CNCCC(C)(C)C(=O)OCCOC(N)=O)Cc1ccccc1. The van der Waals surface area contributed by atoms with Crippen LogP contribution < -0.4 is 11.1 Å². The summed E-state index contributed by atoms with van der Waals surface area (Å²) in [7, 11) is 0. The Morgan fingerprint density at radius 3 is 2.34 bits per heavy atom. The molecule has 32 heavy (non-hydrogen) atoms. The maximum atomic E-state index is 12.3. The molecule has 6 heteroatoms. The molecule has 0 aliphatic carbocycles. The Balaban J connectivity index is 2.38. The molecule has 182 valence electrons. The molecule has 0 aliphatic heterocycles. The standard InChI is InChI=1S/C26H44N2O4/c1-4-5-6-7-8-10-15-23(20-22-13-11-9-12-14-22)21-28-17-16-26(2,3)24(29)31-18-19-32-25(27)30/h9,11-14,23,28H,4-8,10,15-21H2,1-3H3,(H2,27,30). The number of carbonyl (C=O) groups excluding carboxylic acids is 2. The molecule has 0 saturated carbocycles. The highest BCUT2D eigenvalue weighted by Crippen LogP contribution is 2.22. The molecule has 1 aromatic carbocycles. The van der Waals surface area contributed by atoms with Crippen LogP contribution in [-0.2, 0) is 20.7 Å². The predicted octanol–water partition coefficient (Wildman–Crippen LogP) is 5.24. The Labute approximate surface area is 194 Å². The predicted molar refractivity (Wildman–Crippen MR) is 129 cm³/mol. The van der Waals surface area contributed by atoms with Crippen molar-refractivity contribution in [1.82, 2.24) is 5.32 Å². The largest absolute Gasteiger partial charge is 0.462 e. The number of carbonyl (C=O) groups is 2. The molecule has 0 heterocycles. The number of esters is 1. The lowest BCUT2D eigenvalue weighted by Gasteiger charge is -2.24. The van der Waals surface area contributed by atoms with Crippen molar-refractivity contribution in [2.24, 2.45) is 17.1 Å². The number of nitrogens with two attached hydrogens (primary N) is 1. The van der Waals surface area contributed by atoms with Crippen molar-refractivity contribution in [1.29, 1.82) is 0 Å². The normalized spacial score (nSPS) is 12.3. The molecule has 1 unspecified atom stereocenters. The number of unbranched alkanes of at least 4 members (excludes halogenated alkanes) is 5. The molecule has 0 radical (unpaired) electrons. The Hall–Kier alpha value is -2.08. The van der Waals surface area contributed by atoms with Crippen molar-refractivity contribution in [3.63, 3.8) is 0 Å². The summed E-state index contributed by atoms with van der Waals surface area (Å²) >= 11 is 0. The summed E-state index contributed by atoms with van der Waals surface area (Å²) < 4.78 is 9.80. The van der Waals surface area contributed by atoms with Crippen molar-refractivity contribution < 1.29 is 19.1 Å². The van der Waals surface area contributed by atoms with Gasteiger partial charge in [0, 0.05) is 0 Å². The first-order valence-corrected chi connectivity index (χ1v) is 12.2. The van der Waals surface area contributed by atoms with E-state index in [4.69, 9.17) is 10.5 Å². The van der Waals surface area contributed by atoms with Crippen LogP contribution >= 0.6 is 0 Å². The first-order chi connectivity index (χ1) is 15.3. The monoisotopic (exact) mass is 448 g/mol. The molecular weight excluding hydrogens is 404 g/mol. The minimum atomic E-state index is -0.865. The van der Waals surface area contributed by atoms with Gasteiger partial charge in [-0.05, 0) is 57.7 Å². The highest BCUT2D eigenvalue weighted by Gasteiger charge is 2.28. The van der Waals surface area contributed by atoms with E-state index in [1.54, 1.807) is 0 Å². The van der Waals surface area contributed by atoms with E-state index >= 15 is 0 Å². The van der Waals surface area contributed by atoms with Crippen LogP contribution in [0.1, 0.15) is 77.7 Å². The summed E-state index contributed by atoms with van der Waals surface area (Å²) in [6.07, 6.45) is 9.99. The van der Waals surface area contributed by atoms with Gasteiger partial charge >= 0.3 is 12.1 Å². The zero-order chi connectivity index (χ0) is 23.7. The van der Waals surface area contributed by atoms with Crippen LogP contribution in [0.5, 0.6) is 0 Å². The van der Waals surface area contributed by atoms with E-state index in [1.165, 1.54) is 50.5 Å². The number of ether oxygens (including phenoxy) is 2. The number of amides is 1. The van der Waals surface area contributed by atoms with Crippen LogP contribution in [0.15, 0.2) is 30.3 Å². The summed E-state index contributed by atoms with van der Waals surface area (Å²) in [5.74, 6) is 0.296. The lowest BCUT2D eigenvalue weighted by atomic mass is 9.89. The van der Waals surface area contributed by atoms with Gasteiger partial charge in [-0.25, -0.2) is 4.79 Å². The average Bonchev–Trinajstić information content (AvgIpc) is 2.76. The molecule has 1 amide bonds. The molecule has 0 saturated heterocycles. The van der Waals surface area contributed by atoms with Crippen LogP contribution in [0.2, 0.25) is 0 Å². The van der Waals surface area contributed by atoms with Gasteiger partial charge in [0.2, 0.25) is 0 Å². The quantitative estimate of drug-likeness (QED) is 0.237. The van der Waals surface area contributed by atoms with E-state index in [9.17, 15) is 9.59 Å². The summed E-state index contributed by atoms with van der Waals surface area (Å²) in [5, 5.41) is 3.57. The van der Waals surface area contributed by atoms with Gasteiger partial charge < -0.3 is 20.5 Å². The van der Waals surface area contributed by atoms with E-state index in [2.05, 4.69) is 47.3 Å². The van der Waals surface area contributed by atoms with E-state index in [0.29, 0.717) is 12.3 Å².